The lowest BCUT2D eigenvalue weighted by atomic mass is 10.3. The van der Waals surface area contributed by atoms with Crippen molar-refractivity contribution in [2.24, 2.45) is 0 Å². The fourth-order valence-electron chi connectivity index (χ4n) is 0.898. The van der Waals surface area contributed by atoms with E-state index in [9.17, 15) is 0 Å². The monoisotopic (exact) mass is 184 g/mol. The Hall–Kier alpha value is -1.02. The normalized spacial score (nSPS) is 8.67. The van der Waals surface area contributed by atoms with E-state index in [2.05, 4.69) is 23.1 Å². The number of allylic oxidation sites excluding steroid dienone is 2. The van der Waals surface area contributed by atoms with Crippen LogP contribution in [-0.4, -0.2) is 9.97 Å². The van der Waals surface area contributed by atoms with E-state index in [4.69, 9.17) is 0 Å². The van der Waals surface area contributed by atoms with Gasteiger partial charge < -0.3 is 4.98 Å². The number of aromatic amines is 1. The zero-order chi connectivity index (χ0) is 8.10. The first-order chi connectivity index (χ1) is 5.36. The summed E-state index contributed by atoms with van der Waals surface area (Å²) in [4.78, 5) is 7.35. The second-order valence-corrected chi connectivity index (χ2v) is 2.32. The van der Waals surface area contributed by atoms with Crippen LogP contribution in [0.5, 0.6) is 0 Å². The van der Waals surface area contributed by atoms with E-state index < -0.39 is 0 Å². The summed E-state index contributed by atoms with van der Waals surface area (Å²) in [6.07, 6.45) is 7.20. The molecule has 0 spiro atoms. The molecule has 0 aromatic carbocycles. The minimum atomic E-state index is 0. The molecule has 1 aromatic rings. The molecule has 1 heterocycles. The molecular formula is C9H13ClN2. The number of H-pyrrole nitrogens is 1. The van der Waals surface area contributed by atoms with E-state index in [1.807, 2.05) is 18.3 Å². The van der Waals surface area contributed by atoms with Crippen molar-refractivity contribution in [3.63, 3.8) is 0 Å². The molecule has 0 aliphatic heterocycles. The van der Waals surface area contributed by atoms with Crippen LogP contribution in [0.25, 0.3) is 0 Å². The Kier molecular flexibility index (Phi) is 5.13. The number of halogens is 1. The summed E-state index contributed by atoms with van der Waals surface area (Å²) in [5.41, 5.74) is 1.04. The van der Waals surface area contributed by atoms with Crippen LogP contribution < -0.4 is 0 Å². The summed E-state index contributed by atoms with van der Waals surface area (Å²) >= 11 is 0. The van der Waals surface area contributed by atoms with Gasteiger partial charge in [-0.1, -0.05) is 12.2 Å². The minimum absolute atomic E-state index is 0. The summed E-state index contributed by atoms with van der Waals surface area (Å²) in [5.74, 6) is 0.969. The van der Waals surface area contributed by atoms with E-state index in [0.717, 1.165) is 24.4 Å². The Morgan fingerprint density at radius 3 is 2.58 bits per heavy atom. The second-order valence-electron chi connectivity index (χ2n) is 2.32. The molecule has 0 bridgehead atoms. The van der Waals surface area contributed by atoms with Crippen LogP contribution in [-0.2, 0) is 12.8 Å². The van der Waals surface area contributed by atoms with Gasteiger partial charge in [0.15, 0.2) is 0 Å². The number of imidazole rings is 1. The summed E-state index contributed by atoms with van der Waals surface area (Å²) in [7, 11) is 0. The predicted molar refractivity (Wildman–Crippen MR) is 53.6 cm³/mol. The van der Waals surface area contributed by atoms with E-state index >= 15 is 0 Å². The molecule has 0 atom stereocenters. The lowest BCUT2D eigenvalue weighted by molar-refractivity contribution is 1.03. The van der Waals surface area contributed by atoms with Gasteiger partial charge in [0, 0.05) is 19.0 Å². The van der Waals surface area contributed by atoms with Crippen LogP contribution in [0.15, 0.2) is 31.5 Å². The molecule has 0 aliphatic rings. The molecule has 0 unspecified atom stereocenters. The van der Waals surface area contributed by atoms with Crippen LogP contribution in [0.3, 0.4) is 0 Å². The van der Waals surface area contributed by atoms with Gasteiger partial charge in [0.25, 0.3) is 0 Å². The topological polar surface area (TPSA) is 28.7 Å². The molecule has 0 radical (unpaired) electrons. The molecule has 0 saturated carbocycles. The minimum Gasteiger partial charge on any atom is -0.348 e. The maximum atomic E-state index is 4.29. The van der Waals surface area contributed by atoms with E-state index in [1.54, 1.807) is 0 Å². The Balaban J connectivity index is 0.00000121. The third-order valence-electron chi connectivity index (χ3n) is 1.38. The van der Waals surface area contributed by atoms with Crippen molar-refractivity contribution in [2.75, 3.05) is 0 Å². The highest BCUT2D eigenvalue weighted by molar-refractivity contribution is 5.85. The van der Waals surface area contributed by atoms with Crippen LogP contribution in [0.1, 0.15) is 11.5 Å². The summed E-state index contributed by atoms with van der Waals surface area (Å²) in [5, 5.41) is 0. The molecule has 2 nitrogen and oxygen atoms in total. The van der Waals surface area contributed by atoms with Gasteiger partial charge >= 0.3 is 0 Å². The molecule has 1 aromatic heterocycles. The Labute approximate surface area is 78.8 Å². The number of nitrogens with one attached hydrogen (secondary N) is 1. The van der Waals surface area contributed by atoms with Gasteiger partial charge in [-0.2, -0.15) is 0 Å². The van der Waals surface area contributed by atoms with Crippen molar-refractivity contribution >= 4 is 12.4 Å². The van der Waals surface area contributed by atoms with Crippen LogP contribution in [0, 0.1) is 0 Å². The summed E-state index contributed by atoms with van der Waals surface area (Å²) in [6, 6.07) is 0. The SMILES string of the molecule is C=CCc1c[nH]c(CC=C)n1.Cl. The highest BCUT2D eigenvalue weighted by atomic mass is 35.5. The lowest BCUT2D eigenvalue weighted by Gasteiger charge is -1.85. The number of hydrogen-bond acceptors (Lipinski definition) is 1. The molecule has 1 rings (SSSR count). The second kappa shape index (κ2) is 5.61. The number of nitrogens with zero attached hydrogens (tertiary/aromatic N) is 1. The van der Waals surface area contributed by atoms with Gasteiger partial charge in [0.1, 0.15) is 5.82 Å². The Morgan fingerprint density at radius 1 is 1.33 bits per heavy atom. The van der Waals surface area contributed by atoms with E-state index in [0.29, 0.717) is 0 Å². The van der Waals surface area contributed by atoms with Crippen molar-refractivity contribution < 1.29 is 0 Å². The van der Waals surface area contributed by atoms with Crippen molar-refractivity contribution in [1.29, 1.82) is 0 Å². The molecule has 66 valence electrons. The number of hydrogen-bond donors (Lipinski definition) is 1. The Bertz CT molecular complexity index is 228. The van der Waals surface area contributed by atoms with Crippen LogP contribution in [0.4, 0.5) is 0 Å². The quantitative estimate of drug-likeness (QED) is 0.715. The van der Waals surface area contributed by atoms with Crippen LogP contribution in [0.2, 0.25) is 0 Å². The van der Waals surface area contributed by atoms with E-state index in [-0.39, 0.29) is 12.4 Å². The first-order valence-corrected chi connectivity index (χ1v) is 3.61. The van der Waals surface area contributed by atoms with Gasteiger partial charge in [0.2, 0.25) is 0 Å². The van der Waals surface area contributed by atoms with Crippen molar-refractivity contribution in [2.45, 2.75) is 12.8 Å². The standard InChI is InChI=1S/C9H12N2.ClH/c1-3-5-8-7-10-9(11-8)6-4-2;/h3-4,7H,1-2,5-6H2,(H,10,11);1H. The molecule has 0 fully saturated rings. The van der Waals surface area contributed by atoms with Gasteiger partial charge in [-0.25, -0.2) is 4.98 Å². The fraction of sp³-hybridized carbons (Fsp3) is 0.222. The molecule has 3 heteroatoms. The van der Waals surface area contributed by atoms with Gasteiger partial charge in [0.05, 0.1) is 5.69 Å². The zero-order valence-corrected chi connectivity index (χ0v) is 7.73. The summed E-state index contributed by atoms with van der Waals surface area (Å²) in [6.45, 7) is 7.27. The van der Waals surface area contributed by atoms with Crippen LogP contribution >= 0.6 is 12.4 Å². The molecule has 12 heavy (non-hydrogen) atoms. The smallest absolute Gasteiger partial charge is 0.110 e. The third-order valence-corrected chi connectivity index (χ3v) is 1.38. The first-order valence-electron chi connectivity index (χ1n) is 3.61. The van der Waals surface area contributed by atoms with Crippen molar-refractivity contribution in [3.8, 4) is 0 Å². The zero-order valence-electron chi connectivity index (χ0n) is 6.92. The average molecular weight is 185 g/mol. The number of aromatic nitrogens is 2. The molecule has 1 N–H and O–H groups in total. The molecule has 0 saturated heterocycles. The van der Waals surface area contributed by atoms with Crippen molar-refractivity contribution in [3.05, 3.63) is 43.0 Å². The molecular weight excluding hydrogens is 172 g/mol. The van der Waals surface area contributed by atoms with E-state index in [1.165, 1.54) is 0 Å². The lowest BCUT2D eigenvalue weighted by Crippen LogP contribution is -1.84. The Morgan fingerprint density at radius 2 is 2.00 bits per heavy atom. The average Bonchev–Trinajstić information content (AvgIpc) is 2.38. The highest BCUT2D eigenvalue weighted by Crippen LogP contribution is 1.99. The van der Waals surface area contributed by atoms with Gasteiger partial charge in [-0.3, -0.25) is 0 Å². The fourth-order valence-corrected chi connectivity index (χ4v) is 0.898. The highest BCUT2D eigenvalue weighted by Gasteiger charge is 1.95. The van der Waals surface area contributed by atoms with Gasteiger partial charge in [-0.05, 0) is 0 Å². The van der Waals surface area contributed by atoms with Crippen molar-refractivity contribution in [1.82, 2.24) is 9.97 Å². The third kappa shape index (κ3) is 2.93. The maximum absolute atomic E-state index is 4.29. The largest absolute Gasteiger partial charge is 0.348 e. The predicted octanol–water partition coefficient (Wildman–Crippen LogP) is 2.29. The first kappa shape index (κ1) is 11.0. The molecule has 0 amide bonds. The number of rotatable bonds is 4. The summed E-state index contributed by atoms with van der Waals surface area (Å²) < 4.78 is 0. The molecule has 0 aliphatic carbocycles. The maximum Gasteiger partial charge on any atom is 0.110 e. The van der Waals surface area contributed by atoms with Gasteiger partial charge in [-0.15, -0.1) is 25.6 Å².